The van der Waals surface area contributed by atoms with Gasteiger partial charge < -0.3 is 4.74 Å². The van der Waals surface area contributed by atoms with Gasteiger partial charge in [0.05, 0.1) is 6.61 Å². The number of hydrogen-bond donors (Lipinski definition) is 0. The second-order valence-corrected chi connectivity index (χ2v) is 8.26. The van der Waals surface area contributed by atoms with Crippen molar-refractivity contribution in [3.8, 4) is 0 Å². The molecule has 0 saturated carbocycles. The summed E-state index contributed by atoms with van der Waals surface area (Å²) in [5.41, 5.74) is 5.31. The molecule has 2 heteroatoms. The van der Waals surface area contributed by atoms with Crippen molar-refractivity contribution in [1.82, 2.24) is 0 Å². The van der Waals surface area contributed by atoms with E-state index in [1.54, 1.807) is 0 Å². The molecule has 0 N–H and O–H groups in total. The Morgan fingerprint density at radius 2 is 1.93 bits per heavy atom. The van der Waals surface area contributed by atoms with E-state index < -0.39 is 0 Å². The van der Waals surface area contributed by atoms with Crippen LogP contribution in [0.2, 0.25) is 0 Å². The van der Waals surface area contributed by atoms with Crippen molar-refractivity contribution in [3.05, 3.63) is 58.4 Å². The Kier molecular flexibility index (Phi) is 10.1. The molecule has 1 rings (SSSR count). The summed E-state index contributed by atoms with van der Waals surface area (Å²) in [6, 6.07) is 0. The molecule has 0 fully saturated rings. The van der Waals surface area contributed by atoms with Gasteiger partial charge in [0.25, 0.3) is 0 Å². The highest BCUT2D eigenvalue weighted by Gasteiger charge is 2.26. The highest BCUT2D eigenvalue weighted by atomic mass is 16.5. The molecule has 0 aliphatic heterocycles. The molecule has 1 aliphatic carbocycles. The third-order valence-electron chi connectivity index (χ3n) is 5.26. The van der Waals surface area contributed by atoms with Gasteiger partial charge in [-0.25, -0.2) is 0 Å². The second kappa shape index (κ2) is 11.8. The van der Waals surface area contributed by atoms with Crippen molar-refractivity contribution in [3.63, 3.8) is 0 Å². The standard InChI is InChI=1S/C25H38O2/c1-7-8-9-18-27-24(19-26)22(4)13-10-12-20(2)15-16-23-21(3)14-11-17-25(23,5)6/h10,12-13,15-16,19H,7-9,11,14,17-18H2,1-6H3. The first-order valence-corrected chi connectivity index (χ1v) is 10.3. The molecule has 0 radical (unpaired) electrons. The molecule has 2 nitrogen and oxygen atoms in total. The van der Waals surface area contributed by atoms with Crippen molar-refractivity contribution < 1.29 is 9.53 Å². The lowest BCUT2D eigenvalue weighted by atomic mass is 9.72. The number of allylic oxidation sites excluding steroid dienone is 10. The van der Waals surface area contributed by atoms with E-state index in [1.165, 1.54) is 36.0 Å². The van der Waals surface area contributed by atoms with Gasteiger partial charge in [-0.3, -0.25) is 4.79 Å². The van der Waals surface area contributed by atoms with E-state index in [0.29, 0.717) is 12.4 Å². The van der Waals surface area contributed by atoms with Crippen molar-refractivity contribution >= 4 is 6.29 Å². The third-order valence-corrected chi connectivity index (χ3v) is 5.26. The quantitative estimate of drug-likeness (QED) is 0.133. The first-order chi connectivity index (χ1) is 12.8. The van der Waals surface area contributed by atoms with Crippen LogP contribution in [0.25, 0.3) is 0 Å². The maximum Gasteiger partial charge on any atom is 0.184 e. The van der Waals surface area contributed by atoms with Gasteiger partial charge in [-0.1, -0.05) is 75.1 Å². The molecule has 0 heterocycles. The number of ether oxygens (including phenoxy) is 1. The summed E-state index contributed by atoms with van der Waals surface area (Å²) in [7, 11) is 0. The van der Waals surface area contributed by atoms with E-state index in [0.717, 1.165) is 31.1 Å². The lowest BCUT2D eigenvalue weighted by Crippen LogP contribution is -2.19. The molecule has 0 aromatic rings. The Labute approximate surface area is 166 Å². The Morgan fingerprint density at radius 3 is 2.56 bits per heavy atom. The lowest BCUT2D eigenvalue weighted by molar-refractivity contribution is -0.107. The Morgan fingerprint density at radius 1 is 1.19 bits per heavy atom. The number of rotatable bonds is 10. The van der Waals surface area contributed by atoms with Gasteiger partial charge in [0.1, 0.15) is 0 Å². The van der Waals surface area contributed by atoms with Crippen LogP contribution in [0.4, 0.5) is 0 Å². The fourth-order valence-corrected chi connectivity index (χ4v) is 3.48. The minimum Gasteiger partial charge on any atom is -0.490 e. The lowest BCUT2D eigenvalue weighted by Gasteiger charge is -2.32. The van der Waals surface area contributed by atoms with Crippen LogP contribution in [0.5, 0.6) is 0 Å². The van der Waals surface area contributed by atoms with Crippen LogP contribution in [-0.4, -0.2) is 12.9 Å². The molecule has 0 bridgehead atoms. The fourth-order valence-electron chi connectivity index (χ4n) is 3.48. The first kappa shape index (κ1) is 23.2. The van der Waals surface area contributed by atoms with Crippen LogP contribution in [0.3, 0.4) is 0 Å². The zero-order chi connectivity index (χ0) is 20.3. The fraction of sp³-hybridized carbons (Fsp3) is 0.560. The van der Waals surface area contributed by atoms with E-state index in [4.69, 9.17) is 4.74 Å². The summed E-state index contributed by atoms with van der Waals surface area (Å²) >= 11 is 0. The van der Waals surface area contributed by atoms with Crippen molar-refractivity contribution in [2.45, 2.75) is 80.1 Å². The average Bonchev–Trinajstić information content (AvgIpc) is 2.60. The minimum absolute atomic E-state index is 0.266. The normalized spacial score (nSPS) is 19.0. The van der Waals surface area contributed by atoms with Crippen LogP contribution in [-0.2, 0) is 9.53 Å². The topological polar surface area (TPSA) is 26.3 Å². The van der Waals surface area contributed by atoms with Crippen molar-refractivity contribution in [1.29, 1.82) is 0 Å². The van der Waals surface area contributed by atoms with Gasteiger partial charge in [0.2, 0.25) is 0 Å². The van der Waals surface area contributed by atoms with E-state index in [-0.39, 0.29) is 5.41 Å². The largest absolute Gasteiger partial charge is 0.490 e. The van der Waals surface area contributed by atoms with Crippen molar-refractivity contribution in [2.24, 2.45) is 5.41 Å². The summed E-state index contributed by atoms with van der Waals surface area (Å²) in [6.07, 6.45) is 18.3. The number of unbranched alkanes of at least 4 members (excludes halogenated alkanes) is 2. The van der Waals surface area contributed by atoms with Crippen LogP contribution < -0.4 is 0 Å². The van der Waals surface area contributed by atoms with Crippen LogP contribution >= 0.6 is 0 Å². The molecule has 0 unspecified atom stereocenters. The molecular formula is C25H38O2. The molecule has 0 aromatic carbocycles. The molecule has 0 atom stereocenters. The first-order valence-electron chi connectivity index (χ1n) is 10.3. The van der Waals surface area contributed by atoms with E-state index in [2.05, 4.69) is 52.8 Å². The molecule has 0 aromatic heterocycles. The summed E-state index contributed by atoms with van der Waals surface area (Å²) < 4.78 is 5.59. The van der Waals surface area contributed by atoms with Gasteiger partial charge in [-0.2, -0.15) is 0 Å². The Balaban J connectivity index is 2.73. The zero-order valence-corrected chi connectivity index (χ0v) is 18.2. The Hall–Kier alpha value is -1.83. The SMILES string of the molecule is CCCCCOC(C=O)=C(C)C=CC=C(C)C=CC1=C(C)CCCC1(C)C. The average molecular weight is 371 g/mol. The highest BCUT2D eigenvalue weighted by Crippen LogP contribution is 2.40. The van der Waals surface area contributed by atoms with Gasteiger partial charge in [0, 0.05) is 0 Å². The van der Waals surface area contributed by atoms with E-state index >= 15 is 0 Å². The van der Waals surface area contributed by atoms with Crippen LogP contribution in [0, 0.1) is 5.41 Å². The number of carbonyl (C=O) groups is 1. The maximum absolute atomic E-state index is 11.2. The van der Waals surface area contributed by atoms with Gasteiger partial charge in [-0.15, -0.1) is 0 Å². The van der Waals surface area contributed by atoms with Gasteiger partial charge in [-0.05, 0) is 63.0 Å². The molecule has 0 saturated heterocycles. The predicted molar refractivity (Wildman–Crippen MR) is 117 cm³/mol. The molecule has 1 aliphatic rings. The summed E-state index contributed by atoms with van der Waals surface area (Å²) in [5, 5.41) is 0. The number of carbonyl (C=O) groups excluding carboxylic acids is 1. The Bertz CT molecular complexity index is 639. The second-order valence-electron chi connectivity index (χ2n) is 8.26. The third kappa shape index (κ3) is 8.15. The van der Waals surface area contributed by atoms with E-state index in [9.17, 15) is 4.79 Å². The van der Waals surface area contributed by atoms with Gasteiger partial charge in [0.15, 0.2) is 12.0 Å². The van der Waals surface area contributed by atoms with Crippen LogP contribution in [0.1, 0.15) is 80.1 Å². The zero-order valence-electron chi connectivity index (χ0n) is 18.2. The summed E-state index contributed by atoms with van der Waals surface area (Å²) in [5.74, 6) is 0.439. The molecule has 150 valence electrons. The predicted octanol–water partition coefficient (Wildman–Crippen LogP) is 7.25. The van der Waals surface area contributed by atoms with Crippen LogP contribution in [0.15, 0.2) is 58.4 Å². The van der Waals surface area contributed by atoms with E-state index in [1.807, 2.05) is 19.1 Å². The summed E-state index contributed by atoms with van der Waals surface area (Å²) in [6.45, 7) is 13.7. The van der Waals surface area contributed by atoms with Crippen molar-refractivity contribution in [2.75, 3.05) is 6.61 Å². The molecule has 0 spiro atoms. The minimum atomic E-state index is 0.266. The number of aldehydes is 1. The number of hydrogen-bond acceptors (Lipinski definition) is 2. The maximum atomic E-state index is 11.2. The molecule has 0 amide bonds. The van der Waals surface area contributed by atoms with Gasteiger partial charge >= 0.3 is 0 Å². The monoisotopic (exact) mass is 370 g/mol. The molecule has 27 heavy (non-hydrogen) atoms. The molecular weight excluding hydrogens is 332 g/mol. The smallest absolute Gasteiger partial charge is 0.184 e. The summed E-state index contributed by atoms with van der Waals surface area (Å²) in [4.78, 5) is 11.2. The highest BCUT2D eigenvalue weighted by molar-refractivity contribution is 5.72.